The molecule has 7 rings (SSSR count). The Morgan fingerprint density at radius 2 is 2.04 bits per heavy atom. The first-order valence-electron chi connectivity index (χ1n) is 16.0. The summed E-state index contributed by atoms with van der Waals surface area (Å²) in [4.78, 5) is 30.5. The summed E-state index contributed by atoms with van der Waals surface area (Å²) in [5, 5.41) is 11.1. The third-order valence-electron chi connectivity index (χ3n) is 9.97. The largest absolute Gasteiger partial charge is 0.461 e. The average Bonchev–Trinajstić information content (AvgIpc) is 3.52. The molecule has 0 aliphatic carbocycles. The second kappa shape index (κ2) is 12.9. The van der Waals surface area contributed by atoms with E-state index in [0.29, 0.717) is 63.6 Å². The fourth-order valence-electron chi connectivity index (χ4n) is 7.57. The number of piperazine rings is 1. The molecule has 4 aliphatic heterocycles. The fraction of sp³-hybridized carbons (Fsp3) is 0.471. The highest BCUT2D eigenvalue weighted by Crippen LogP contribution is 2.39. The van der Waals surface area contributed by atoms with Crippen molar-refractivity contribution in [2.45, 2.75) is 43.8 Å². The van der Waals surface area contributed by atoms with Gasteiger partial charge >= 0.3 is 6.01 Å². The van der Waals surface area contributed by atoms with Gasteiger partial charge in [-0.1, -0.05) is 36.4 Å². The molecule has 0 spiro atoms. The van der Waals surface area contributed by atoms with Crippen molar-refractivity contribution < 1.29 is 23.0 Å². The summed E-state index contributed by atoms with van der Waals surface area (Å²) in [6.45, 7) is 8.61. The van der Waals surface area contributed by atoms with Crippen LogP contribution in [-0.4, -0.2) is 96.3 Å². The number of anilines is 2. The Hall–Kier alpha value is -4.05. The molecular weight excluding hydrogens is 628 g/mol. The summed E-state index contributed by atoms with van der Waals surface area (Å²) < 4.78 is 40.8. The van der Waals surface area contributed by atoms with Crippen LogP contribution in [0.2, 0.25) is 5.02 Å². The van der Waals surface area contributed by atoms with Crippen molar-refractivity contribution in [1.29, 1.82) is 5.26 Å². The number of rotatable bonds is 7. The molecule has 246 valence electrons. The molecule has 1 unspecified atom stereocenters. The Kier molecular flexibility index (Phi) is 8.63. The van der Waals surface area contributed by atoms with Gasteiger partial charge in [-0.3, -0.25) is 9.69 Å². The lowest BCUT2D eigenvalue weighted by atomic mass is 9.97. The lowest BCUT2D eigenvalue weighted by molar-refractivity contribution is -0.131. The van der Waals surface area contributed by atoms with E-state index < -0.39 is 23.6 Å². The molecule has 4 aliphatic rings. The molecule has 0 radical (unpaired) electrons. The van der Waals surface area contributed by atoms with Crippen LogP contribution >= 0.6 is 11.6 Å². The zero-order valence-corrected chi connectivity index (χ0v) is 26.8. The lowest BCUT2D eigenvalue weighted by Gasteiger charge is -2.42. The molecule has 0 saturated carbocycles. The Balaban J connectivity index is 1.24. The van der Waals surface area contributed by atoms with Crippen LogP contribution in [0.25, 0.3) is 10.8 Å². The van der Waals surface area contributed by atoms with Crippen molar-refractivity contribution in [2.75, 3.05) is 68.9 Å². The van der Waals surface area contributed by atoms with Gasteiger partial charge in [0.15, 0.2) is 5.83 Å². The SMILES string of the molecule is C=C(F)C(=O)N1CCN(c2nc(OCC34CCCN3CCOC4)nc3c2CCN(c2cccc4ccc(F)c(Cl)c24)C3)C[C@@H]1CC#N. The predicted octanol–water partition coefficient (Wildman–Crippen LogP) is 4.64. The molecule has 2 atom stereocenters. The van der Waals surface area contributed by atoms with Crippen molar-refractivity contribution in [3.63, 3.8) is 0 Å². The number of amides is 1. The number of aromatic nitrogens is 2. The Labute approximate surface area is 277 Å². The molecule has 13 heteroatoms. The van der Waals surface area contributed by atoms with Crippen LogP contribution in [-0.2, 0) is 22.5 Å². The second-order valence-corrected chi connectivity index (χ2v) is 13.1. The van der Waals surface area contributed by atoms with Gasteiger partial charge in [-0.05, 0) is 43.3 Å². The van der Waals surface area contributed by atoms with Crippen LogP contribution in [0, 0.1) is 17.1 Å². The Bertz CT molecular complexity index is 1770. The summed E-state index contributed by atoms with van der Waals surface area (Å²) in [5.41, 5.74) is 2.30. The quantitative estimate of drug-likeness (QED) is 0.335. The van der Waals surface area contributed by atoms with E-state index in [-0.39, 0.29) is 29.5 Å². The van der Waals surface area contributed by atoms with Gasteiger partial charge in [0.1, 0.15) is 18.2 Å². The van der Waals surface area contributed by atoms with Gasteiger partial charge in [-0.25, -0.2) is 8.78 Å². The molecule has 3 fully saturated rings. The number of hydrogen-bond donors (Lipinski definition) is 0. The first-order valence-corrected chi connectivity index (χ1v) is 16.4. The van der Waals surface area contributed by atoms with E-state index in [2.05, 4.69) is 22.4 Å². The van der Waals surface area contributed by atoms with Crippen LogP contribution in [0.4, 0.5) is 20.3 Å². The molecule has 1 amide bonds. The van der Waals surface area contributed by atoms with Crippen molar-refractivity contribution in [3.8, 4) is 12.1 Å². The minimum absolute atomic E-state index is 0.0384. The molecule has 3 saturated heterocycles. The number of ether oxygens (including phenoxy) is 2. The molecule has 3 aromatic rings. The normalized spacial score (nSPS) is 22.9. The predicted molar refractivity (Wildman–Crippen MR) is 174 cm³/mol. The van der Waals surface area contributed by atoms with Gasteiger partial charge in [0.25, 0.3) is 5.91 Å². The van der Waals surface area contributed by atoms with Crippen molar-refractivity contribution in [1.82, 2.24) is 19.8 Å². The Morgan fingerprint density at radius 3 is 2.87 bits per heavy atom. The van der Waals surface area contributed by atoms with Crippen molar-refractivity contribution in [2.24, 2.45) is 0 Å². The number of carbonyl (C=O) groups excluding carboxylic acids is 1. The van der Waals surface area contributed by atoms with Crippen molar-refractivity contribution in [3.05, 3.63) is 64.8 Å². The average molecular weight is 664 g/mol. The molecule has 10 nitrogen and oxygen atoms in total. The van der Waals surface area contributed by atoms with E-state index in [9.17, 15) is 18.8 Å². The van der Waals surface area contributed by atoms with Gasteiger partial charge in [0.05, 0.1) is 54.5 Å². The maximum atomic E-state index is 14.6. The van der Waals surface area contributed by atoms with E-state index in [1.165, 1.54) is 11.0 Å². The summed E-state index contributed by atoms with van der Waals surface area (Å²) in [6.07, 6.45) is 2.66. The number of nitrogens with zero attached hydrogens (tertiary/aromatic N) is 7. The number of morpholine rings is 1. The number of halogens is 3. The molecule has 0 bridgehead atoms. The highest BCUT2D eigenvalue weighted by molar-refractivity contribution is 6.36. The minimum atomic E-state index is -1.04. The van der Waals surface area contributed by atoms with Crippen molar-refractivity contribution >= 4 is 39.8 Å². The summed E-state index contributed by atoms with van der Waals surface area (Å²) >= 11 is 6.51. The zero-order valence-electron chi connectivity index (χ0n) is 26.1. The van der Waals surface area contributed by atoms with Gasteiger partial charge in [-0.15, -0.1) is 0 Å². The first kappa shape index (κ1) is 31.5. The fourth-order valence-corrected chi connectivity index (χ4v) is 7.84. The second-order valence-electron chi connectivity index (χ2n) is 12.7. The number of fused-ring (bicyclic) bond motifs is 3. The van der Waals surface area contributed by atoms with E-state index in [0.717, 1.165) is 48.3 Å². The highest BCUT2D eigenvalue weighted by Gasteiger charge is 2.44. The third-order valence-corrected chi connectivity index (χ3v) is 10.3. The lowest BCUT2D eigenvalue weighted by Crippen LogP contribution is -2.56. The van der Waals surface area contributed by atoms with Gasteiger partial charge < -0.3 is 24.2 Å². The molecule has 1 aromatic heterocycles. The third kappa shape index (κ3) is 5.85. The van der Waals surface area contributed by atoms with Gasteiger partial charge in [0, 0.05) is 49.4 Å². The van der Waals surface area contributed by atoms with Gasteiger partial charge in [0.2, 0.25) is 0 Å². The van der Waals surface area contributed by atoms with E-state index in [4.69, 9.17) is 31.0 Å². The van der Waals surface area contributed by atoms with E-state index in [1.807, 2.05) is 23.1 Å². The topological polar surface area (TPSA) is 98.1 Å². The molecule has 0 N–H and O–H groups in total. The number of carbonyl (C=O) groups is 1. The number of benzene rings is 2. The van der Waals surface area contributed by atoms with Crippen LogP contribution in [0.5, 0.6) is 6.01 Å². The molecule has 5 heterocycles. The maximum Gasteiger partial charge on any atom is 0.318 e. The van der Waals surface area contributed by atoms with Gasteiger partial charge in [-0.2, -0.15) is 15.2 Å². The van der Waals surface area contributed by atoms with Crippen LogP contribution in [0.3, 0.4) is 0 Å². The Morgan fingerprint density at radius 1 is 1.17 bits per heavy atom. The summed E-state index contributed by atoms with van der Waals surface area (Å²) in [5.74, 6) is -1.63. The number of hydrogen-bond acceptors (Lipinski definition) is 9. The van der Waals surface area contributed by atoms with Crippen LogP contribution in [0.15, 0.2) is 42.7 Å². The highest BCUT2D eigenvalue weighted by atomic mass is 35.5. The van der Waals surface area contributed by atoms with Crippen LogP contribution < -0.4 is 14.5 Å². The zero-order chi connectivity index (χ0) is 32.7. The van der Waals surface area contributed by atoms with Crippen LogP contribution in [0.1, 0.15) is 30.5 Å². The molecule has 2 aromatic carbocycles. The number of nitriles is 1. The maximum absolute atomic E-state index is 14.6. The monoisotopic (exact) mass is 663 g/mol. The smallest absolute Gasteiger partial charge is 0.318 e. The molecule has 47 heavy (non-hydrogen) atoms. The standard InChI is InChI=1S/C34H36ClF2N7O3/c1-22(36)32(45)44-15-14-42(18-24(44)8-11-38)31-25-9-13-41(28-5-2-4-23-6-7-26(37)30(35)29(23)28)19-27(25)39-33(40-31)47-21-34-10-3-12-43(34)16-17-46-20-34/h2,4-7,24H,1,3,8-10,12-21H2/t24-,34?/m0/s1. The van der Waals surface area contributed by atoms with E-state index in [1.54, 1.807) is 6.07 Å². The molecular formula is C34H36ClF2N7O3. The van der Waals surface area contributed by atoms with E-state index >= 15 is 0 Å². The summed E-state index contributed by atoms with van der Waals surface area (Å²) in [6, 6.07) is 10.7. The first-order chi connectivity index (χ1) is 22.8. The minimum Gasteiger partial charge on any atom is -0.461 e. The summed E-state index contributed by atoms with van der Waals surface area (Å²) in [7, 11) is 0.